The van der Waals surface area contributed by atoms with Gasteiger partial charge in [0, 0.05) is 24.5 Å². The lowest BCUT2D eigenvalue weighted by atomic mass is 10.2. The second-order valence-corrected chi connectivity index (χ2v) is 6.06. The van der Waals surface area contributed by atoms with E-state index in [-0.39, 0.29) is 6.10 Å². The first-order valence-electron chi connectivity index (χ1n) is 8.98. The minimum absolute atomic E-state index is 0.162. The van der Waals surface area contributed by atoms with Crippen LogP contribution in [0.15, 0.2) is 48.5 Å². The van der Waals surface area contributed by atoms with Crippen LogP contribution in [0.4, 0.5) is 11.4 Å². The van der Waals surface area contributed by atoms with Crippen molar-refractivity contribution in [3.63, 3.8) is 0 Å². The highest BCUT2D eigenvalue weighted by atomic mass is 16.5. The summed E-state index contributed by atoms with van der Waals surface area (Å²) in [7, 11) is 0. The molecule has 0 aliphatic heterocycles. The lowest BCUT2D eigenvalue weighted by molar-refractivity contribution is 0.210. The van der Waals surface area contributed by atoms with Crippen LogP contribution in [-0.4, -0.2) is 25.7 Å². The van der Waals surface area contributed by atoms with Crippen LogP contribution in [-0.2, 0) is 0 Å². The monoisotopic (exact) mass is 326 g/mol. The van der Waals surface area contributed by atoms with Crippen LogP contribution in [0, 0.1) is 6.92 Å². The summed E-state index contributed by atoms with van der Waals surface area (Å²) in [6.07, 6.45) is 1.13. The molecule has 24 heavy (non-hydrogen) atoms. The first-order chi connectivity index (χ1) is 11.7. The van der Waals surface area contributed by atoms with Gasteiger partial charge in [-0.3, -0.25) is 0 Å². The third-order valence-electron chi connectivity index (χ3n) is 4.31. The smallest absolute Gasteiger partial charge is 0.119 e. The van der Waals surface area contributed by atoms with E-state index in [0.29, 0.717) is 0 Å². The number of rotatable bonds is 9. The third kappa shape index (κ3) is 5.19. The molecule has 2 rings (SSSR count). The fraction of sp³-hybridized carbons (Fsp3) is 0.429. The maximum atomic E-state index is 6.07. The van der Waals surface area contributed by atoms with E-state index in [0.717, 1.165) is 37.5 Å². The molecule has 130 valence electrons. The molecule has 1 N–H and O–H groups in total. The summed E-state index contributed by atoms with van der Waals surface area (Å²) in [4.78, 5) is 2.35. The van der Waals surface area contributed by atoms with Gasteiger partial charge in [-0.15, -0.1) is 0 Å². The molecule has 0 radical (unpaired) electrons. The average molecular weight is 326 g/mol. The minimum atomic E-state index is 0.162. The molecule has 2 aromatic rings. The number of aryl methyl sites for hydroxylation is 1. The van der Waals surface area contributed by atoms with E-state index in [9.17, 15) is 0 Å². The molecule has 0 bridgehead atoms. The van der Waals surface area contributed by atoms with Gasteiger partial charge in [0.1, 0.15) is 11.9 Å². The number of anilines is 2. The van der Waals surface area contributed by atoms with Crippen LogP contribution in [0.3, 0.4) is 0 Å². The van der Waals surface area contributed by atoms with Gasteiger partial charge < -0.3 is 15.0 Å². The van der Waals surface area contributed by atoms with E-state index in [1.807, 2.05) is 12.1 Å². The van der Waals surface area contributed by atoms with Crippen LogP contribution < -0.4 is 15.0 Å². The fourth-order valence-electron chi connectivity index (χ4n) is 2.69. The van der Waals surface area contributed by atoms with Crippen LogP contribution in [0.1, 0.15) is 32.8 Å². The van der Waals surface area contributed by atoms with E-state index in [1.165, 1.54) is 11.3 Å². The molecule has 0 saturated carbocycles. The predicted octanol–water partition coefficient (Wildman–Crippen LogP) is 5.11. The number of hydrogen-bond donors (Lipinski definition) is 1. The van der Waals surface area contributed by atoms with E-state index < -0.39 is 0 Å². The standard InChI is InChI=1S/C21H30N2O/c1-5-20(24-21-14-8-17(4)9-15-21)16-22-18-10-12-19(13-11-18)23(6-2)7-3/h8-15,20,22H,5-7,16H2,1-4H3. The molecule has 2 aromatic carbocycles. The summed E-state index contributed by atoms with van der Waals surface area (Å²) in [5.74, 6) is 0.936. The molecule has 0 aliphatic carbocycles. The average Bonchev–Trinajstić information content (AvgIpc) is 2.62. The quantitative estimate of drug-likeness (QED) is 0.693. The normalized spacial score (nSPS) is 11.8. The molecule has 0 heterocycles. The van der Waals surface area contributed by atoms with Crippen molar-refractivity contribution < 1.29 is 4.74 Å². The lowest BCUT2D eigenvalue weighted by Crippen LogP contribution is -2.25. The van der Waals surface area contributed by atoms with Crippen molar-refractivity contribution in [1.82, 2.24) is 0 Å². The van der Waals surface area contributed by atoms with E-state index in [2.05, 4.69) is 74.3 Å². The highest BCUT2D eigenvalue weighted by molar-refractivity contribution is 5.55. The molecule has 3 nitrogen and oxygen atoms in total. The summed E-state index contributed by atoms with van der Waals surface area (Å²) < 4.78 is 6.07. The number of nitrogens with one attached hydrogen (secondary N) is 1. The zero-order chi connectivity index (χ0) is 17.4. The zero-order valence-corrected chi connectivity index (χ0v) is 15.4. The Balaban J connectivity index is 1.89. The highest BCUT2D eigenvalue weighted by Crippen LogP contribution is 2.19. The highest BCUT2D eigenvalue weighted by Gasteiger charge is 2.08. The van der Waals surface area contributed by atoms with Gasteiger partial charge in [-0.1, -0.05) is 24.6 Å². The molecule has 0 amide bonds. The van der Waals surface area contributed by atoms with Crippen molar-refractivity contribution >= 4 is 11.4 Å². The van der Waals surface area contributed by atoms with Gasteiger partial charge in [-0.2, -0.15) is 0 Å². The Morgan fingerprint density at radius 3 is 2.08 bits per heavy atom. The number of benzene rings is 2. The van der Waals surface area contributed by atoms with Gasteiger partial charge in [0.2, 0.25) is 0 Å². The zero-order valence-electron chi connectivity index (χ0n) is 15.4. The molecule has 1 atom stereocenters. The minimum Gasteiger partial charge on any atom is -0.489 e. The topological polar surface area (TPSA) is 24.5 Å². The Kier molecular flexibility index (Phi) is 6.98. The Hall–Kier alpha value is -2.16. The van der Waals surface area contributed by atoms with Crippen molar-refractivity contribution in [3.05, 3.63) is 54.1 Å². The second-order valence-electron chi connectivity index (χ2n) is 6.06. The van der Waals surface area contributed by atoms with Gasteiger partial charge in [0.25, 0.3) is 0 Å². The van der Waals surface area contributed by atoms with Gasteiger partial charge >= 0.3 is 0 Å². The van der Waals surface area contributed by atoms with Gasteiger partial charge in [-0.25, -0.2) is 0 Å². The van der Waals surface area contributed by atoms with E-state index >= 15 is 0 Å². The van der Waals surface area contributed by atoms with Crippen LogP contribution in [0.25, 0.3) is 0 Å². The first kappa shape index (κ1) is 18.2. The number of nitrogens with zero attached hydrogens (tertiary/aromatic N) is 1. The SMILES string of the molecule is CCC(CNc1ccc(N(CC)CC)cc1)Oc1ccc(C)cc1. The van der Waals surface area contributed by atoms with Gasteiger partial charge in [0.15, 0.2) is 0 Å². The second kappa shape index (κ2) is 9.21. The third-order valence-corrected chi connectivity index (χ3v) is 4.31. The van der Waals surface area contributed by atoms with E-state index in [1.54, 1.807) is 0 Å². The van der Waals surface area contributed by atoms with Gasteiger partial charge in [0.05, 0.1) is 6.54 Å². The molecule has 0 spiro atoms. The van der Waals surface area contributed by atoms with Crippen LogP contribution >= 0.6 is 0 Å². The van der Waals surface area contributed by atoms with E-state index in [4.69, 9.17) is 4.74 Å². The molecule has 0 aliphatic rings. The summed E-state index contributed by atoms with van der Waals surface area (Å²) in [5, 5.41) is 3.49. The number of ether oxygens (including phenoxy) is 1. The molecule has 3 heteroatoms. The molecule has 0 fully saturated rings. The summed E-state index contributed by atoms with van der Waals surface area (Å²) in [5.41, 5.74) is 3.66. The molecule has 1 unspecified atom stereocenters. The molecular weight excluding hydrogens is 296 g/mol. The maximum Gasteiger partial charge on any atom is 0.119 e. The summed E-state index contributed by atoms with van der Waals surface area (Å²) >= 11 is 0. The maximum absolute atomic E-state index is 6.07. The van der Waals surface area contributed by atoms with Crippen molar-refractivity contribution in [2.24, 2.45) is 0 Å². The Morgan fingerprint density at radius 1 is 0.917 bits per heavy atom. The predicted molar refractivity (Wildman–Crippen MR) is 104 cm³/mol. The largest absolute Gasteiger partial charge is 0.489 e. The van der Waals surface area contributed by atoms with Crippen molar-refractivity contribution in [3.8, 4) is 5.75 Å². The number of hydrogen-bond acceptors (Lipinski definition) is 3. The Morgan fingerprint density at radius 2 is 1.54 bits per heavy atom. The lowest BCUT2D eigenvalue weighted by Gasteiger charge is -2.22. The fourth-order valence-corrected chi connectivity index (χ4v) is 2.69. The van der Waals surface area contributed by atoms with Crippen LogP contribution in [0.2, 0.25) is 0 Å². The van der Waals surface area contributed by atoms with Crippen LogP contribution in [0.5, 0.6) is 5.75 Å². The molecular formula is C21H30N2O. The summed E-state index contributed by atoms with van der Waals surface area (Å²) in [6.45, 7) is 11.5. The molecule has 0 aromatic heterocycles. The Bertz CT molecular complexity index is 588. The van der Waals surface area contributed by atoms with Crippen molar-refractivity contribution in [2.45, 2.75) is 40.2 Å². The Labute approximate surface area is 146 Å². The van der Waals surface area contributed by atoms with Crippen molar-refractivity contribution in [1.29, 1.82) is 0 Å². The first-order valence-corrected chi connectivity index (χ1v) is 8.98. The summed E-state index contributed by atoms with van der Waals surface area (Å²) in [6, 6.07) is 16.9. The molecule has 0 saturated heterocycles. The van der Waals surface area contributed by atoms with Crippen molar-refractivity contribution in [2.75, 3.05) is 29.9 Å². The van der Waals surface area contributed by atoms with Gasteiger partial charge in [-0.05, 0) is 63.6 Å².